The molecular formula is C20H27FN8O3S. The van der Waals surface area contributed by atoms with Gasteiger partial charge in [-0.15, -0.1) is 5.10 Å². The quantitative estimate of drug-likeness (QED) is 0.558. The predicted octanol–water partition coefficient (Wildman–Crippen LogP) is 0.911. The maximum absolute atomic E-state index is 14.2. The minimum absolute atomic E-state index is 0.0279. The Bertz CT molecular complexity index is 1200. The van der Waals surface area contributed by atoms with Crippen LogP contribution in [0.3, 0.4) is 0 Å². The van der Waals surface area contributed by atoms with E-state index in [0.29, 0.717) is 22.9 Å². The summed E-state index contributed by atoms with van der Waals surface area (Å²) in [6.07, 6.45) is 6.63. The molecule has 3 aromatic heterocycles. The van der Waals surface area contributed by atoms with Gasteiger partial charge in [0.1, 0.15) is 11.4 Å². The molecule has 0 bridgehead atoms. The third-order valence-corrected chi connectivity index (χ3v) is 7.13. The summed E-state index contributed by atoms with van der Waals surface area (Å²) < 4.78 is 44.4. The van der Waals surface area contributed by atoms with Crippen molar-refractivity contribution in [3.63, 3.8) is 0 Å². The monoisotopic (exact) mass is 478 g/mol. The largest absolute Gasteiger partial charge is 0.493 e. The molecule has 3 N–H and O–H groups in total. The van der Waals surface area contributed by atoms with Crippen LogP contribution in [0.1, 0.15) is 19.3 Å². The van der Waals surface area contributed by atoms with Crippen LogP contribution < -0.4 is 20.7 Å². The molecule has 13 heteroatoms. The number of aromatic nitrogens is 5. The lowest BCUT2D eigenvalue weighted by molar-refractivity contribution is 0.411. The van der Waals surface area contributed by atoms with Gasteiger partial charge in [0.05, 0.1) is 31.0 Å². The molecule has 5 rings (SSSR count). The highest BCUT2D eigenvalue weighted by Gasteiger charge is 2.26. The molecule has 0 aromatic carbocycles. The maximum atomic E-state index is 14.2. The molecule has 2 aliphatic rings. The number of anilines is 2. The third kappa shape index (κ3) is 5.30. The van der Waals surface area contributed by atoms with Crippen molar-refractivity contribution in [1.82, 2.24) is 29.9 Å². The first-order chi connectivity index (χ1) is 15.9. The Hall–Kier alpha value is -3.06. The maximum Gasteiger partial charge on any atom is 0.220 e. The molecule has 0 saturated carbocycles. The van der Waals surface area contributed by atoms with E-state index >= 15 is 0 Å². The van der Waals surface area contributed by atoms with Gasteiger partial charge >= 0.3 is 0 Å². The third-order valence-electron chi connectivity index (χ3n) is 5.52. The zero-order chi connectivity index (χ0) is 23.4. The number of nitrogens with one attached hydrogen (secondary N) is 1. The van der Waals surface area contributed by atoms with Gasteiger partial charge in [-0.3, -0.25) is 0 Å². The van der Waals surface area contributed by atoms with E-state index < -0.39 is 15.7 Å². The van der Waals surface area contributed by atoms with Crippen LogP contribution in [-0.2, 0) is 9.84 Å². The van der Waals surface area contributed by atoms with E-state index in [1.54, 1.807) is 6.07 Å². The molecule has 178 valence electrons. The molecule has 0 spiro atoms. The summed E-state index contributed by atoms with van der Waals surface area (Å²) in [5.41, 5.74) is 6.26. The number of nitrogens with two attached hydrogens (primary N) is 1. The Morgan fingerprint density at radius 1 is 1.12 bits per heavy atom. The van der Waals surface area contributed by atoms with Crippen molar-refractivity contribution >= 4 is 27.3 Å². The second-order valence-corrected chi connectivity index (χ2v) is 10.1. The molecule has 2 aliphatic heterocycles. The van der Waals surface area contributed by atoms with Crippen molar-refractivity contribution < 1.29 is 17.5 Å². The van der Waals surface area contributed by atoms with E-state index in [1.807, 2.05) is 4.90 Å². The summed E-state index contributed by atoms with van der Waals surface area (Å²) in [6, 6.07) is 1.65. The highest BCUT2D eigenvalue weighted by Crippen LogP contribution is 2.30. The SMILES string of the molecule is C1CCNCC1.COc1cc2ncc(-c3nc(N)ncc3F)n2nc1N1CCS(=O)(=O)CC1. The Balaban J connectivity index is 0.000000376. The average molecular weight is 479 g/mol. The number of methoxy groups -OCH3 is 1. The fraction of sp³-hybridized carbons (Fsp3) is 0.500. The van der Waals surface area contributed by atoms with Gasteiger partial charge in [-0.2, -0.15) is 0 Å². The number of hydrogen-bond acceptors (Lipinski definition) is 10. The van der Waals surface area contributed by atoms with Crippen LogP contribution in [-0.4, -0.2) is 77.8 Å². The van der Waals surface area contributed by atoms with Crippen molar-refractivity contribution in [1.29, 1.82) is 0 Å². The topological polar surface area (TPSA) is 141 Å². The minimum Gasteiger partial charge on any atom is -0.493 e. The van der Waals surface area contributed by atoms with Crippen molar-refractivity contribution in [3.05, 3.63) is 24.3 Å². The standard InChI is InChI=1S/C15H16FN7O3S.C5H11N/c1-26-11-6-12-18-8-10(13-9(16)7-19-15(17)20-13)23(12)21-14(11)22-2-4-27(24,25)5-3-22;1-2-4-6-5-3-1/h6-8H,2-5H2,1H3,(H2,17,19,20);6H,1-5H2. The lowest BCUT2D eigenvalue weighted by Gasteiger charge is -2.28. The van der Waals surface area contributed by atoms with Gasteiger partial charge in [0.15, 0.2) is 32.9 Å². The smallest absolute Gasteiger partial charge is 0.220 e. The fourth-order valence-electron chi connectivity index (χ4n) is 3.71. The van der Waals surface area contributed by atoms with E-state index in [1.165, 1.54) is 50.2 Å². The molecule has 11 nitrogen and oxygen atoms in total. The van der Waals surface area contributed by atoms with E-state index in [9.17, 15) is 12.8 Å². The lowest BCUT2D eigenvalue weighted by Crippen LogP contribution is -2.41. The molecule has 0 unspecified atom stereocenters. The van der Waals surface area contributed by atoms with Crippen molar-refractivity contribution in [2.75, 3.05) is 55.4 Å². The summed E-state index contributed by atoms with van der Waals surface area (Å²) in [5, 5.41) is 7.80. The number of halogens is 1. The molecule has 3 aromatic rings. The number of piperidine rings is 1. The number of hydrogen-bond donors (Lipinski definition) is 2. The van der Waals surface area contributed by atoms with Crippen LogP contribution in [0.5, 0.6) is 5.75 Å². The van der Waals surface area contributed by atoms with Crippen LogP contribution in [0, 0.1) is 5.82 Å². The van der Waals surface area contributed by atoms with E-state index in [0.717, 1.165) is 6.20 Å². The second-order valence-electron chi connectivity index (χ2n) is 7.82. The van der Waals surface area contributed by atoms with E-state index in [2.05, 4.69) is 25.4 Å². The Labute approximate surface area is 191 Å². The first-order valence-electron chi connectivity index (χ1n) is 10.8. The van der Waals surface area contributed by atoms with E-state index in [-0.39, 0.29) is 36.2 Å². The number of ether oxygens (including phenoxy) is 1. The van der Waals surface area contributed by atoms with Crippen LogP contribution >= 0.6 is 0 Å². The molecular weight excluding hydrogens is 451 g/mol. The average Bonchev–Trinajstić information content (AvgIpc) is 3.24. The molecule has 2 fully saturated rings. The summed E-state index contributed by atoms with van der Waals surface area (Å²) in [5.74, 6) is 0.224. The van der Waals surface area contributed by atoms with Crippen LogP contribution in [0.25, 0.3) is 17.0 Å². The van der Waals surface area contributed by atoms with Crippen LogP contribution in [0.2, 0.25) is 0 Å². The molecule has 0 atom stereocenters. The van der Waals surface area contributed by atoms with Crippen molar-refractivity contribution in [3.8, 4) is 17.1 Å². The Morgan fingerprint density at radius 3 is 2.45 bits per heavy atom. The lowest BCUT2D eigenvalue weighted by atomic mass is 10.2. The van der Waals surface area contributed by atoms with Crippen LogP contribution in [0.15, 0.2) is 18.5 Å². The molecule has 0 radical (unpaired) electrons. The zero-order valence-corrected chi connectivity index (χ0v) is 19.2. The number of rotatable bonds is 3. The van der Waals surface area contributed by atoms with Crippen molar-refractivity contribution in [2.24, 2.45) is 0 Å². The van der Waals surface area contributed by atoms with Crippen LogP contribution in [0.4, 0.5) is 16.2 Å². The first kappa shape index (κ1) is 23.1. The Morgan fingerprint density at radius 2 is 1.85 bits per heavy atom. The number of sulfone groups is 1. The predicted molar refractivity (Wildman–Crippen MR) is 123 cm³/mol. The van der Waals surface area contributed by atoms with Crippen molar-refractivity contribution in [2.45, 2.75) is 19.3 Å². The summed E-state index contributed by atoms with van der Waals surface area (Å²) in [7, 11) is -1.55. The summed E-state index contributed by atoms with van der Waals surface area (Å²) >= 11 is 0. The van der Waals surface area contributed by atoms with E-state index in [4.69, 9.17) is 10.5 Å². The fourth-order valence-corrected chi connectivity index (χ4v) is 4.91. The number of nitrogens with zero attached hydrogens (tertiary/aromatic N) is 6. The molecule has 33 heavy (non-hydrogen) atoms. The first-order valence-corrected chi connectivity index (χ1v) is 12.6. The zero-order valence-electron chi connectivity index (χ0n) is 18.4. The van der Waals surface area contributed by atoms with Gasteiger partial charge in [0, 0.05) is 19.2 Å². The number of fused-ring (bicyclic) bond motifs is 1. The molecule has 0 aliphatic carbocycles. The number of imidazole rings is 1. The van der Waals surface area contributed by atoms with Gasteiger partial charge in [0.25, 0.3) is 0 Å². The Kier molecular flexibility index (Phi) is 6.88. The van der Waals surface area contributed by atoms with Gasteiger partial charge < -0.3 is 20.7 Å². The highest BCUT2D eigenvalue weighted by atomic mass is 32.2. The van der Waals surface area contributed by atoms with Gasteiger partial charge in [-0.05, 0) is 25.9 Å². The van der Waals surface area contributed by atoms with Gasteiger partial charge in [-0.1, -0.05) is 6.42 Å². The highest BCUT2D eigenvalue weighted by molar-refractivity contribution is 7.91. The molecule has 0 amide bonds. The minimum atomic E-state index is -3.05. The summed E-state index contributed by atoms with van der Waals surface area (Å²) in [4.78, 5) is 13.6. The molecule has 5 heterocycles. The summed E-state index contributed by atoms with van der Waals surface area (Å²) in [6.45, 7) is 3.08. The second kappa shape index (κ2) is 9.83. The van der Waals surface area contributed by atoms with Gasteiger partial charge in [0.2, 0.25) is 5.95 Å². The van der Waals surface area contributed by atoms with Gasteiger partial charge in [-0.25, -0.2) is 32.3 Å². The molecule has 2 saturated heterocycles. The number of nitrogen functional groups attached to an aromatic ring is 1. The normalized spacial score (nSPS) is 17.9.